The van der Waals surface area contributed by atoms with Crippen molar-refractivity contribution in [3.63, 3.8) is 0 Å². The van der Waals surface area contributed by atoms with E-state index in [1.807, 2.05) is 56.3 Å². The summed E-state index contributed by atoms with van der Waals surface area (Å²) in [4.78, 5) is 15.3. The zero-order valence-corrected chi connectivity index (χ0v) is 17.9. The van der Waals surface area contributed by atoms with Crippen molar-refractivity contribution in [2.24, 2.45) is 5.73 Å². The van der Waals surface area contributed by atoms with E-state index in [0.29, 0.717) is 24.1 Å². The second-order valence-corrected chi connectivity index (χ2v) is 7.41. The van der Waals surface area contributed by atoms with Crippen LogP contribution in [0.15, 0.2) is 71.3 Å². The Balaban J connectivity index is 1.41. The Kier molecular flexibility index (Phi) is 6.17. The fourth-order valence-corrected chi connectivity index (χ4v) is 3.24. The Bertz CT molecular complexity index is 1190. The highest BCUT2D eigenvalue weighted by molar-refractivity contribution is 5.75. The molecule has 4 rings (SSSR count). The summed E-state index contributed by atoms with van der Waals surface area (Å²) < 4.78 is 16.7. The van der Waals surface area contributed by atoms with Crippen molar-refractivity contribution in [1.29, 1.82) is 0 Å². The van der Waals surface area contributed by atoms with Crippen molar-refractivity contribution < 1.29 is 18.8 Å². The lowest BCUT2D eigenvalue weighted by Crippen LogP contribution is -2.19. The van der Waals surface area contributed by atoms with E-state index < -0.39 is 5.91 Å². The monoisotopic (exact) mass is 429 g/mol. The smallest absolute Gasteiger partial charge is 0.258 e. The van der Waals surface area contributed by atoms with Crippen LogP contribution < -0.4 is 15.2 Å². The van der Waals surface area contributed by atoms with Crippen LogP contribution in [0.1, 0.15) is 16.7 Å². The molecule has 0 atom stereocenters. The van der Waals surface area contributed by atoms with Gasteiger partial charge in [0.15, 0.2) is 6.61 Å². The third-order valence-electron chi connectivity index (χ3n) is 4.91. The van der Waals surface area contributed by atoms with E-state index in [-0.39, 0.29) is 6.61 Å². The molecule has 162 valence electrons. The zero-order valence-electron chi connectivity index (χ0n) is 17.9. The average molecular weight is 429 g/mol. The highest BCUT2D eigenvalue weighted by Crippen LogP contribution is 2.26. The minimum Gasteiger partial charge on any atom is -0.488 e. The summed E-state index contributed by atoms with van der Waals surface area (Å²) in [6.45, 7) is 4.39. The van der Waals surface area contributed by atoms with Gasteiger partial charge < -0.3 is 19.7 Å². The van der Waals surface area contributed by atoms with Gasteiger partial charge in [-0.3, -0.25) is 4.79 Å². The maximum atomic E-state index is 10.8. The number of aryl methyl sites for hydroxylation is 2. The van der Waals surface area contributed by atoms with Gasteiger partial charge in [0, 0.05) is 11.1 Å². The lowest BCUT2D eigenvalue weighted by Gasteiger charge is -2.12. The Labute approximate surface area is 185 Å². The van der Waals surface area contributed by atoms with E-state index in [1.54, 1.807) is 24.3 Å². The minimum absolute atomic E-state index is 0.169. The first-order chi connectivity index (χ1) is 15.5. The lowest BCUT2D eigenvalue weighted by atomic mass is 10.1. The highest BCUT2D eigenvalue weighted by Gasteiger charge is 2.11. The molecule has 0 spiro atoms. The van der Waals surface area contributed by atoms with Crippen molar-refractivity contribution in [3.05, 3.63) is 83.4 Å². The number of ether oxygens (including phenoxy) is 2. The third-order valence-corrected chi connectivity index (χ3v) is 4.91. The number of primary amides is 1. The molecule has 1 aromatic heterocycles. The van der Waals surface area contributed by atoms with E-state index in [2.05, 4.69) is 10.1 Å². The number of aromatic nitrogens is 2. The molecule has 0 bridgehead atoms. The van der Waals surface area contributed by atoms with Crippen LogP contribution in [-0.2, 0) is 11.4 Å². The van der Waals surface area contributed by atoms with Crippen molar-refractivity contribution in [1.82, 2.24) is 10.1 Å². The number of benzene rings is 3. The second-order valence-electron chi connectivity index (χ2n) is 7.41. The highest BCUT2D eigenvalue weighted by atomic mass is 16.5. The molecule has 0 radical (unpaired) electrons. The summed E-state index contributed by atoms with van der Waals surface area (Å²) in [5, 5.41) is 4.06. The van der Waals surface area contributed by atoms with Gasteiger partial charge in [-0.15, -0.1) is 0 Å². The van der Waals surface area contributed by atoms with Crippen LogP contribution in [0.3, 0.4) is 0 Å². The van der Waals surface area contributed by atoms with E-state index in [4.69, 9.17) is 19.7 Å². The molecular weight excluding hydrogens is 406 g/mol. The van der Waals surface area contributed by atoms with Crippen LogP contribution in [0.25, 0.3) is 22.8 Å². The van der Waals surface area contributed by atoms with Crippen LogP contribution in [0, 0.1) is 13.8 Å². The van der Waals surface area contributed by atoms with E-state index in [9.17, 15) is 4.79 Å². The van der Waals surface area contributed by atoms with Gasteiger partial charge in [-0.05, 0) is 66.9 Å². The molecule has 0 aliphatic heterocycles. The molecule has 3 aromatic carbocycles. The lowest BCUT2D eigenvalue weighted by molar-refractivity contribution is -0.119. The van der Waals surface area contributed by atoms with E-state index in [1.165, 1.54) is 0 Å². The summed E-state index contributed by atoms with van der Waals surface area (Å²) in [7, 11) is 0. The molecule has 32 heavy (non-hydrogen) atoms. The Morgan fingerprint density at radius 3 is 2.22 bits per heavy atom. The van der Waals surface area contributed by atoms with E-state index in [0.717, 1.165) is 33.6 Å². The van der Waals surface area contributed by atoms with Gasteiger partial charge in [0.1, 0.15) is 18.1 Å². The number of nitrogens with zero attached hydrogens (tertiary/aromatic N) is 2. The second kappa shape index (κ2) is 9.34. The van der Waals surface area contributed by atoms with Crippen LogP contribution in [0.2, 0.25) is 0 Å². The number of nitrogens with two attached hydrogens (primary N) is 1. The molecule has 7 heteroatoms. The molecule has 0 fully saturated rings. The summed E-state index contributed by atoms with van der Waals surface area (Å²) in [6, 6.07) is 21.0. The molecular formula is C25H23N3O4. The molecule has 0 saturated carbocycles. The van der Waals surface area contributed by atoms with Crippen molar-refractivity contribution in [3.8, 4) is 34.3 Å². The van der Waals surface area contributed by atoms with Crippen molar-refractivity contribution in [2.45, 2.75) is 20.5 Å². The van der Waals surface area contributed by atoms with Crippen LogP contribution >= 0.6 is 0 Å². The first-order valence-electron chi connectivity index (χ1n) is 10.1. The number of carbonyl (C=O) groups excluding carboxylic acids is 1. The zero-order chi connectivity index (χ0) is 22.5. The van der Waals surface area contributed by atoms with Crippen molar-refractivity contribution >= 4 is 5.91 Å². The largest absolute Gasteiger partial charge is 0.488 e. The van der Waals surface area contributed by atoms with Gasteiger partial charge in [0.05, 0.1) is 0 Å². The quantitative estimate of drug-likeness (QED) is 0.444. The van der Waals surface area contributed by atoms with Gasteiger partial charge in [-0.2, -0.15) is 4.98 Å². The fourth-order valence-electron chi connectivity index (χ4n) is 3.24. The summed E-state index contributed by atoms with van der Waals surface area (Å²) in [6.07, 6.45) is 0. The number of hydrogen-bond donors (Lipinski definition) is 1. The number of rotatable bonds is 8. The Morgan fingerprint density at radius 1 is 0.906 bits per heavy atom. The molecule has 7 nitrogen and oxygen atoms in total. The summed E-state index contributed by atoms with van der Waals surface area (Å²) >= 11 is 0. The van der Waals surface area contributed by atoms with Crippen LogP contribution in [0.4, 0.5) is 0 Å². The van der Waals surface area contributed by atoms with Gasteiger partial charge in [0.2, 0.25) is 5.82 Å². The van der Waals surface area contributed by atoms with Gasteiger partial charge in [-0.1, -0.05) is 35.5 Å². The molecule has 0 aliphatic rings. The fraction of sp³-hybridized carbons (Fsp3) is 0.160. The molecule has 0 unspecified atom stereocenters. The number of hydrogen-bond acceptors (Lipinski definition) is 6. The molecule has 1 heterocycles. The SMILES string of the molecule is Cc1cccc(C)c1OCc1ccc(-c2nc(-c3ccc(OCC(N)=O)cc3)no2)cc1. The standard InChI is InChI=1S/C25H23N3O4/c1-16-4-3-5-17(2)23(16)31-14-18-6-8-20(9-7-18)25-27-24(28-32-25)19-10-12-21(13-11-19)30-15-22(26)29/h3-13H,14-15H2,1-2H3,(H2,26,29). The summed E-state index contributed by atoms with van der Waals surface area (Å²) in [5.41, 5.74) is 9.95. The molecule has 0 saturated heterocycles. The maximum absolute atomic E-state index is 10.8. The topological polar surface area (TPSA) is 100 Å². The number of amides is 1. The molecule has 2 N–H and O–H groups in total. The Hall–Kier alpha value is -4.13. The molecule has 1 amide bonds. The predicted octanol–water partition coefficient (Wildman–Crippen LogP) is 4.46. The van der Waals surface area contributed by atoms with Gasteiger partial charge in [-0.25, -0.2) is 0 Å². The Morgan fingerprint density at radius 2 is 1.56 bits per heavy atom. The van der Waals surface area contributed by atoms with E-state index >= 15 is 0 Å². The third kappa shape index (κ3) is 4.95. The molecule has 0 aliphatic carbocycles. The first-order valence-corrected chi connectivity index (χ1v) is 10.1. The van der Waals surface area contributed by atoms with Crippen molar-refractivity contribution in [2.75, 3.05) is 6.61 Å². The number of carbonyl (C=O) groups is 1. The first kappa shape index (κ1) is 21.1. The van der Waals surface area contributed by atoms with Gasteiger partial charge in [0.25, 0.3) is 11.8 Å². The maximum Gasteiger partial charge on any atom is 0.258 e. The minimum atomic E-state index is -0.528. The number of para-hydroxylation sites is 1. The summed E-state index contributed by atoms with van der Waals surface area (Å²) in [5.74, 6) is 1.82. The van der Waals surface area contributed by atoms with Crippen LogP contribution in [-0.4, -0.2) is 22.7 Å². The van der Waals surface area contributed by atoms with Crippen LogP contribution in [0.5, 0.6) is 11.5 Å². The molecule has 4 aromatic rings. The average Bonchev–Trinajstić information content (AvgIpc) is 3.28. The predicted molar refractivity (Wildman–Crippen MR) is 120 cm³/mol. The van der Waals surface area contributed by atoms with Gasteiger partial charge >= 0.3 is 0 Å². The normalized spacial score (nSPS) is 10.7.